The summed E-state index contributed by atoms with van der Waals surface area (Å²) in [7, 11) is 2.29. The van der Waals surface area contributed by atoms with Gasteiger partial charge < -0.3 is 4.74 Å². The Morgan fingerprint density at radius 2 is 1.11 bits per heavy atom. The third-order valence-electron chi connectivity index (χ3n) is 3.78. The summed E-state index contributed by atoms with van der Waals surface area (Å²) in [5.41, 5.74) is 0. The molecule has 114 valence electrons. The average Bonchev–Trinajstić information content (AvgIpc) is 3.00. The van der Waals surface area contributed by atoms with E-state index in [1.54, 1.807) is 0 Å². The lowest BCUT2D eigenvalue weighted by Gasteiger charge is -2.01. The van der Waals surface area contributed by atoms with Crippen LogP contribution in [-0.2, 0) is 4.74 Å². The predicted octanol–water partition coefficient (Wildman–Crippen LogP) is 5.15. The molecule has 1 nitrogen and oxygen atoms in total. The third-order valence-corrected chi connectivity index (χ3v) is 3.78. The van der Waals surface area contributed by atoms with E-state index in [0.29, 0.717) is 0 Å². The summed E-state index contributed by atoms with van der Waals surface area (Å²) in [4.78, 5) is 0. The Bertz CT molecular complexity index is 127. The van der Waals surface area contributed by atoms with E-state index in [9.17, 15) is 0 Å². The smallest absolute Gasteiger partial charge is 0.101 e. The summed E-state index contributed by atoms with van der Waals surface area (Å²) < 4.78 is 4.94. The summed E-state index contributed by atoms with van der Waals surface area (Å²) in [6.45, 7) is 4.29. The van der Waals surface area contributed by atoms with Crippen LogP contribution in [0.5, 0.6) is 0 Å². The minimum Gasteiger partial charge on any atom is -0.381 e. The lowest BCUT2D eigenvalue weighted by Crippen LogP contribution is -1.81. The highest BCUT2D eigenvalue weighted by molar-refractivity contribution is 6.08. The van der Waals surface area contributed by atoms with Gasteiger partial charge in [0.2, 0.25) is 0 Å². The van der Waals surface area contributed by atoms with Crippen molar-refractivity contribution in [1.29, 1.82) is 0 Å². The van der Waals surface area contributed by atoms with Gasteiger partial charge in [0.1, 0.15) is 7.85 Å². The van der Waals surface area contributed by atoms with Crippen LogP contribution in [0.25, 0.3) is 0 Å². The molecule has 1 fully saturated rings. The first-order valence-corrected chi connectivity index (χ1v) is 8.99. The second-order valence-electron chi connectivity index (χ2n) is 5.86. The van der Waals surface area contributed by atoms with Crippen molar-refractivity contribution in [3.8, 4) is 0 Å². The standard InChI is InChI=1S/C13H29B.C4H8O/c1-2-3-4-5-6-7-8-9-10-11-12-13-14;1-2-4-5-3-1/h2-14H2,1H3;1-4H2. The van der Waals surface area contributed by atoms with Crippen LogP contribution in [-0.4, -0.2) is 21.1 Å². The molecule has 0 atom stereocenters. The molecule has 0 aromatic heterocycles. The molecule has 0 unspecified atom stereocenters. The van der Waals surface area contributed by atoms with Crippen molar-refractivity contribution in [2.75, 3.05) is 13.2 Å². The fourth-order valence-electron chi connectivity index (χ4n) is 2.42. The van der Waals surface area contributed by atoms with Gasteiger partial charge in [-0.25, -0.2) is 0 Å². The zero-order valence-electron chi connectivity index (χ0n) is 13.7. The van der Waals surface area contributed by atoms with Gasteiger partial charge in [-0.3, -0.25) is 0 Å². The van der Waals surface area contributed by atoms with Gasteiger partial charge in [0.15, 0.2) is 0 Å². The van der Waals surface area contributed by atoms with Crippen LogP contribution in [0.2, 0.25) is 6.32 Å². The third kappa shape index (κ3) is 18.0. The van der Waals surface area contributed by atoms with Crippen LogP contribution in [0, 0.1) is 0 Å². The van der Waals surface area contributed by atoms with Crippen molar-refractivity contribution >= 4 is 7.85 Å². The minimum absolute atomic E-state index is 1.00. The van der Waals surface area contributed by atoms with Gasteiger partial charge in [-0.1, -0.05) is 83.9 Å². The van der Waals surface area contributed by atoms with Gasteiger partial charge >= 0.3 is 0 Å². The first kappa shape index (κ1) is 19.0. The molecular formula is C17H37BO. The summed E-state index contributed by atoms with van der Waals surface area (Å²) in [5.74, 6) is 0. The molecule has 0 aromatic rings. The predicted molar refractivity (Wildman–Crippen MR) is 89.9 cm³/mol. The van der Waals surface area contributed by atoms with Gasteiger partial charge in [0.05, 0.1) is 0 Å². The van der Waals surface area contributed by atoms with Gasteiger partial charge in [-0.05, 0) is 12.8 Å². The number of rotatable bonds is 11. The lowest BCUT2D eigenvalue weighted by molar-refractivity contribution is 0.198. The summed E-state index contributed by atoms with van der Waals surface area (Å²) in [6.07, 6.45) is 20.0. The van der Waals surface area contributed by atoms with Crippen molar-refractivity contribution < 1.29 is 4.74 Å². The Kier molecular flexibility index (Phi) is 18.0. The van der Waals surface area contributed by atoms with Crippen LogP contribution in [0.15, 0.2) is 0 Å². The molecule has 0 spiro atoms. The molecule has 0 aromatic carbocycles. The normalized spacial score (nSPS) is 14.2. The molecular weight excluding hydrogens is 231 g/mol. The Hall–Kier alpha value is 0.0249. The number of hydrogen-bond donors (Lipinski definition) is 0. The highest BCUT2D eigenvalue weighted by atomic mass is 16.5. The SMILES string of the molecule is BCCCCCCCCCCCCC.C1CCOC1. The summed E-state index contributed by atoms with van der Waals surface area (Å²) in [5, 5.41) is 0. The highest BCUT2D eigenvalue weighted by Crippen LogP contribution is 2.11. The molecule has 1 rings (SSSR count). The van der Waals surface area contributed by atoms with E-state index in [4.69, 9.17) is 4.74 Å². The molecule has 2 heteroatoms. The maximum Gasteiger partial charge on any atom is 0.101 e. The monoisotopic (exact) mass is 268 g/mol. The zero-order valence-corrected chi connectivity index (χ0v) is 13.7. The van der Waals surface area contributed by atoms with Crippen LogP contribution in [0.4, 0.5) is 0 Å². The minimum atomic E-state index is 1.00. The zero-order chi connectivity index (χ0) is 14.0. The fraction of sp³-hybridized carbons (Fsp3) is 1.00. The van der Waals surface area contributed by atoms with E-state index in [1.165, 1.54) is 89.8 Å². The molecule has 19 heavy (non-hydrogen) atoms. The van der Waals surface area contributed by atoms with Crippen LogP contribution >= 0.6 is 0 Å². The average molecular weight is 268 g/mol. The molecule has 1 aliphatic heterocycles. The van der Waals surface area contributed by atoms with Gasteiger partial charge in [0.25, 0.3) is 0 Å². The molecule has 0 N–H and O–H groups in total. The van der Waals surface area contributed by atoms with Crippen molar-refractivity contribution in [1.82, 2.24) is 0 Å². The van der Waals surface area contributed by atoms with Crippen molar-refractivity contribution in [3.05, 3.63) is 0 Å². The van der Waals surface area contributed by atoms with Crippen molar-refractivity contribution in [2.45, 2.75) is 96.7 Å². The maximum atomic E-state index is 4.94. The topological polar surface area (TPSA) is 9.23 Å². The molecule has 0 bridgehead atoms. The highest BCUT2D eigenvalue weighted by Gasteiger charge is 1.94. The van der Waals surface area contributed by atoms with Gasteiger partial charge in [-0.2, -0.15) is 0 Å². The number of ether oxygens (including phenoxy) is 1. The molecule has 1 aliphatic rings. The lowest BCUT2D eigenvalue weighted by atomic mass is 9.98. The van der Waals surface area contributed by atoms with Crippen molar-refractivity contribution in [3.63, 3.8) is 0 Å². The Morgan fingerprint density at radius 3 is 1.42 bits per heavy atom. The first-order valence-electron chi connectivity index (χ1n) is 8.99. The largest absolute Gasteiger partial charge is 0.381 e. The van der Waals surface area contributed by atoms with Crippen molar-refractivity contribution in [2.24, 2.45) is 0 Å². The van der Waals surface area contributed by atoms with E-state index < -0.39 is 0 Å². The van der Waals surface area contributed by atoms with Crippen LogP contribution < -0.4 is 0 Å². The fourth-order valence-corrected chi connectivity index (χ4v) is 2.42. The van der Waals surface area contributed by atoms with E-state index in [2.05, 4.69) is 14.8 Å². The van der Waals surface area contributed by atoms with Gasteiger partial charge in [0, 0.05) is 13.2 Å². The molecule has 1 saturated heterocycles. The molecule has 0 aliphatic carbocycles. The number of hydrogen-bond acceptors (Lipinski definition) is 1. The Morgan fingerprint density at radius 1 is 0.684 bits per heavy atom. The van der Waals surface area contributed by atoms with Gasteiger partial charge in [-0.15, -0.1) is 0 Å². The first-order chi connectivity index (χ1) is 9.41. The van der Waals surface area contributed by atoms with E-state index in [0.717, 1.165) is 13.2 Å². The molecule has 0 radical (unpaired) electrons. The summed E-state index contributed by atoms with van der Waals surface area (Å²) in [6, 6.07) is 0. The van der Waals surface area contributed by atoms with Crippen LogP contribution in [0.3, 0.4) is 0 Å². The number of unbranched alkanes of at least 4 members (excludes halogenated alkanes) is 10. The molecule has 0 saturated carbocycles. The molecule has 0 amide bonds. The van der Waals surface area contributed by atoms with E-state index >= 15 is 0 Å². The second kappa shape index (κ2) is 18.0. The van der Waals surface area contributed by atoms with Crippen LogP contribution in [0.1, 0.15) is 90.4 Å². The van der Waals surface area contributed by atoms with E-state index in [1.807, 2.05) is 0 Å². The molecule has 1 heterocycles. The Balaban J connectivity index is 0.000000532. The quantitative estimate of drug-likeness (QED) is 0.372. The maximum absolute atomic E-state index is 4.94. The van der Waals surface area contributed by atoms with E-state index in [-0.39, 0.29) is 0 Å². The second-order valence-corrected chi connectivity index (χ2v) is 5.86. The Labute approximate surface area is 123 Å². The summed E-state index contributed by atoms with van der Waals surface area (Å²) >= 11 is 0.